The Hall–Kier alpha value is -2.97. The number of primary amides is 1. The molecule has 0 radical (unpaired) electrons. The molecule has 3 fully saturated rings. The van der Waals surface area contributed by atoms with Crippen LogP contribution in [0.3, 0.4) is 0 Å². The highest BCUT2D eigenvalue weighted by atomic mass is 16.2. The standard InChI is InChI=1S/C23H30N6O3/c1-13-3-2-4-14(7-13)10-26-23(32)18-9-15-8-17(15)29(18)20(30)12-28-19-11-25-6-5-16(19)21(27-28)22(24)31/h5-6,11,13-15,17-18H,2-4,7-10,12H2,1H3,(H2,24,31)(H,26,32)/t13-,14-,15+,17+,18-/m0/s1. The van der Waals surface area contributed by atoms with E-state index in [2.05, 4.69) is 22.3 Å². The number of nitrogens with two attached hydrogens (primary N) is 1. The van der Waals surface area contributed by atoms with Gasteiger partial charge in [0.1, 0.15) is 12.6 Å². The summed E-state index contributed by atoms with van der Waals surface area (Å²) in [6, 6.07) is 1.37. The zero-order valence-corrected chi connectivity index (χ0v) is 18.4. The fourth-order valence-electron chi connectivity index (χ4n) is 5.69. The number of likely N-dealkylation sites (tertiary alicyclic amines) is 1. The first kappa shape index (κ1) is 20.9. The average Bonchev–Trinajstić information content (AvgIpc) is 3.28. The van der Waals surface area contributed by atoms with E-state index in [0.29, 0.717) is 35.2 Å². The molecule has 2 aromatic heterocycles. The van der Waals surface area contributed by atoms with Gasteiger partial charge in [0.25, 0.3) is 5.91 Å². The van der Waals surface area contributed by atoms with Crippen LogP contribution in [0, 0.1) is 17.8 Å². The number of hydrogen-bond donors (Lipinski definition) is 2. The van der Waals surface area contributed by atoms with E-state index in [-0.39, 0.29) is 30.1 Å². The SMILES string of the molecule is C[C@H]1CCC[C@H](CNC(=O)[C@@H]2C[C@H]3C[C@H]3N2C(=O)Cn2nc(C(N)=O)c3ccncc32)C1. The van der Waals surface area contributed by atoms with Crippen molar-refractivity contribution < 1.29 is 14.4 Å². The molecular weight excluding hydrogens is 408 g/mol. The van der Waals surface area contributed by atoms with Crippen molar-refractivity contribution in [2.45, 2.75) is 64.1 Å². The Kier molecular flexibility index (Phi) is 5.35. The average molecular weight is 439 g/mol. The summed E-state index contributed by atoms with van der Waals surface area (Å²) in [6.45, 7) is 2.91. The predicted molar refractivity (Wildman–Crippen MR) is 117 cm³/mol. The summed E-state index contributed by atoms with van der Waals surface area (Å²) in [5, 5.41) is 7.97. The zero-order valence-electron chi connectivity index (χ0n) is 18.4. The summed E-state index contributed by atoms with van der Waals surface area (Å²) in [6.07, 6.45) is 9.61. The normalized spacial score (nSPS) is 29.0. The topological polar surface area (TPSA) is 123 Å². The third-order valence-corrected chi connectivity index (χ3v) is 7.38. The van der Waals surface area contributed by atoms with Gasteiger partial charge in [0.2, 0.25) is 11.8 Å². The molecule has 0 aromatic carbocycles. The molecule has 9 nitrogen and oxygen atoms in total. The number of pyridine rings is 1. The largest absolute Gasteiger partial charge is 0.364 e. The van der Waals surface area contributed by atoms with Gasteiger partial charge in [-0.15, -0.1) is 0 Å². The first-order chi connectivity index (χ1) is 15.4. The first-order valence-electron chi connectivity index (χ1n) is 11.6. The van der Waals surface area contributed by atoms with Gasteiger partial charge in [-0.1, -0.05) is 19.8 Å². The molecule has 3 amide bonds. The van der Waals surface area contributed by atoms with E-state index in [9.17, 15) is 14.4 Å². The second-order valence-corrected chi connectivity index (χ2v) is 9.76. The lowest BCUT2D eigenvalue weighted by molar-refractivity contribution is -0.140. The van der Waals surface area contributed by atoms with Crippen LogP contribution in [0.1, 0.15) is 55.9 Å². The minimum absolute atomic E-state index is 0.0476. The maximum atomic E-state index is 13.3. The Morgan fingerprint density at radius 2 is 2.06 bits per heavy atom. The Balaban J connectivity index is 1.28. The summed E-state index contributed by atoms with van der Waals surface area (Å²) in [5.74, 6) is 0.788. The lowest BCUT2D eigenvalue weighted by atomic mass is 9.82. The van der Waals surface area contributed by atoms with Gasteiger partial charge in [-0.05, 0) is 49.5 Å². The predicted octanol–water partition coefficient (Wildman–Crippen LogP) is 1.46. The number of hydrogen-bond acceptors (Lipinski definition) is 5. The number of carbonyl (C=O) groups is 3. The number of fused-ring (bicyclic) bond motifs is 2. The van der Waals surface area contributed by atoms with Crippen molar-refractivity contribution in [1.82, 2.24) is 25.0 Å². The van der Waals surface area contributed by atoms with Crippen molar-refractivity contribution >= 4 is 28.6 Å². The van der Waals surface area contributed by atoms with Gasteiger partial charge in [-0.2, -0.15) is 5.10 Å². The van der Waals surface area contributed by atoms with Crippen molar-refractivity contribution in [3.05, 3.63) is 24.2 Å². The maximum Gasteiger partial charge on any atom is 0.269 e. The van der Waals surface area contributed by atoms with Crippen LogP contribution >= 0.6 is 0 Å². The van der Waals surface area contributed by atoms with Gasteiger partial charge in [-0.25, -0.2) is 0 Å². The van der Waals surface area contributed by atoms with Crippen LogP contribution in [0.2, 0.25) is 0 Å². The van der Waals surface area contributed by atoms with Crippen LogP contribution in [0.25, 0.3) is 10.9 Å². The Morgan fingerprint density at radius 3 is 2.84 bits per heavy atom. The molecule has 5 rings (SSSR count). The number of amides is 3. The molecule has 0 spiro atoms. The summed E-state index contributed by atoms with van der Waals surface area (Å²) in [7, 11) is 0. The quantitative estimate of drug-likeness (QED) is 0.707. The van der Waals surface area contributed by atoms with Gasteiger partial charge in [0.05, 0.1) is 11.7 Å². The number of nitrogens with one attached hydrogen (secondary N) is 1. The molecular formula is C23H30N6O3. The second-order valence-electron chi connectivity index (χ2n) is 9.76. The molecule has 2 aromatic rings. The number of piperidine rings is 1. The second kappa shape index (κ2) is 8.18. The highest BCUT2D eigenvalue weighted by Crippen LogP contribution is 2.48. The molecule has 3 aliphatic rings. The van der Waals surface area contributed by atoms with Crippen molar-refractivity contribution in [1.29, 1.82) is 0 Å². The van der Waals surface area contributed by atoms with Crippen LogP contribution in [-0.2, 0) is 16.1 Å². The van der Waals surface area contributed by atoms with Crippen LogP contribution in [0.4, 0.5) is 0 Å². The number of rotatable bonds is 6. The smallest absolute Gasteiger partial charge is 0.269 e. The van der Waals surface area contributed by atoms with Crippen LogP contribution in [0.15, 0.2) is 18.5 Å². The third kappa shape index (κ3) is 3.84. The summed E-state index contributed by atoms with van der Waals surface area (Å²) >= 11 is 0. The lowest BCUT2D eigenvalue weighted by Gasteiger charge is -2.30. The molecule has 9 heteroatoms. The number of aromatic nitrogens is 3. The number of carbonyl (C=O) groups excluding carboxylic acids is 3. The van der Waals surface area contributed by atoms with E-state index in [0.717, 1.165) is 25.7 Å². The van der Waals surface area contributed by atoms with Gasteiger partial charge < -0.3 is 16.0 Å². The molecule has 0 unspecified atom stereocenters. The molecule has 5 atom stereocenters. The van der Waals surface area contributed by atoms with Crippen molar-refractivity contribution in [3.8, 4) is 0 Å². The van der Waals surface area contributed by atoms with E-state index < -0.39 is 11.9 Å². The van der Waals surface area contributed by atoms with E-state index >= 15 is 0 Å². The van der Waals surface area contributed by atoms with Crippen LogP contribution in [0.5, 0.6) is 0 Å². The fourth-order valence-corrected chi connectivity index (χ4v) is 5.69. The van der Waals surface area contributed by atoms with E-state index in [1.165, 1.54) is 17.5 Å². The lowest BCUT2D eigenvalue weighted by Crippen LogP contribution is -2.49. The highest BCUT2D eigenvalue weighted by molar-refractivity contribution is 6.04. The zero-order chi connectivity index (χ0) is 22.4. The molecule has 2 aliphatic carbocycles. The van der Waals surface area contributed by atoms with E-state index in [1.54, 1.807) is 23.4 Å². The van der Waals surface area contributed by atoms with Crippen molar-refractivity contribution in [2.75, 3.05) is 6.54 Å². The van der Waals surface area contributed by atoms with Crippen LogP contribution < -0.4 is 11.1 Å². The van der Waals surface area contributed by atoms with Crippen LogP contribution in [-0.4, -0.2) is 56.0 Å². The maximum absolute atomic E-state index is 13.3. The molecule has 1 aliphatic heterocycles. The highest BCUT2D eigenvalue weighted by Gasteiger charge is 2.56. The van der Waals surface area contributed by atoms with Crippen molar-refractivity contribution in [2.24, 2.45) is 23.5 Å². The Bertz CT molecular complexity index is 1070. The Morgan fingerprint density at radius 1 is 1.22 bits per heavy atom. The van der Waals surface area contributed by atoms with Gasteiger partial charge in [0.15, 0.2) is 5.69 Å². The minimum Gasteiger partial charge on any atom is -0.364 e. The molecule has 0 bridgehead atoms. The van der Waals surface area contributed by atoms with Gasteiger partial charge in [0, 0.05) is 24.2 Å². The van der Waals surface area contributed by atoms with E-state index in [1.807, 2.05) is 0 Å². The molecule has 1 saturated heterocycles. The molecule has 32 heavy (non-hydrogen) atoms. The molecule has 170 valence electrons. The first-order valence-corrected chi connectivity index (χ1v) is 11.6. The summed E-state index contributed by atoms with van der Waals surface area (Å²) < 4.78 is 1.47. The number of nitrogens with zero attached hydrogens (tertiary/aromatic N) is 4. The summed E-state index contributed by atoms with van der Waals surface area (Å²) in [4.78, 5) is 43.9. The van der Waals surface area contributed by atoms with Crippen molar-refractivity contribution in [3.63, 3.8) is 0 Å². The monoisotopic (exact) mass is 438 g/mol. The van der Waals surface area contributed by atoms with E-state index in [4.69, 9.17) is 5.73 Å². The Labute approximate surface area is 186 Å². The molecule has 3 heterocycles. The summed E-state index contributed by atoms with van der Waals surface area (Å²) in [5.41, 5.74) is 6.16. The molecule has 2 saturated carbocycles. The molecule has 3 N–H and O–H groups in total. The minimum atomic E-state index is -0.648. The van der Waals surface area contributed by atoms with Gasteiger partial charge in [-0.3, -0.25) is 24.0 Å². The fraction of sp³-hybridized carbons (Fsp3) is 0.609. The van der Waals surface area contributed by atoms with Gasteiger partial charge >= 0.3 is 0 Å². The third-order valence-electron chi connectivity index (χ3n) is 7.38.